The molecule has 1 rings (SSSR count). The predicted molar refractivity (Wildman–Crippen MR) is 72.6 cm³/mol. The third-order valence-corrected chi connectivity index (χ3v) is 2.99. The summed E-state index contributed by atoms with van der Waals surface area (Å²) in [6.45, 7) is 3.63. The van der Waals surface area contributed by atoms with Gasteiger partial charge in [-0.1, -0.05) is 12.1 Å². The minimum absolute atomic E-state index is 0.0666. The Balaban J connectivity index is 2.70. The van der Waals surface area contributed by atoms with E-state index in [2.05, 4.69) is 5.32 Å². The fourth-order valence-corrected chi connectivity index (χ4v) is 1.52. The third kappa shape index (κ3) is 4.37. The Bertz CT molecular complexity index is 443. The molecule has 0 aromatic heterocycles. The van der Waals surface area contributed by atoms with E-state index < -0.39 is 0 Å². The van der Waals surface area contributed by atoms with Crippen LogP contribution in [0.1, 0.15) is 29.8 Å². The number of hydrogen-bond acceptors (Lipinski definition) is 3. The van der Waals surface area contributed by atoms with Gasteiger partial charge in [-0.15, -0.1) is 0 Å². The maximum Gasteiger partial charge on any atom is 0.253 e. The molecule has 1 aromatic carbocycles. The van der Waals surface area contributed by atoms with Gasteiger partial charge in [0.1, 0.15) is 0 Å². The van der Waals surface area contributed by atoms with Crippen molar-refractivity contribution in [2.24, 2.45) is 0 Å². The number of benzene rings is 1. The number of carbonyl (C=O) groups is 2. The van der Waals surface area contributed by atoms with Crippen molar-refractivity contribution in [1.29, 1.82) is 0 Å². The summed E-state index contributed by atoms with van der Waals surface area (Å²) < 4.78 is 0. The highest BCUT2D eigenvalue weighted by Crippen LogP contribution is 2.09. The number of carbonyl (C=O) groups excluding carboxylic acids is 2. The second-order valence-electron chi connectivity index (χ2n) is 4.55. The second kappa shape index (κ2) is 6.89. The number of amides is 2. The van der Waals surface area contributed by atoms with Crippen LogP contribution in [0.4, 0.5) is 0 Å². The van der Waals surface area contributed by atoms with Gasteiger partial charge in [-0.25, -0.2) is 0 Å². The minimum Gasteiger partial charge on any atom is -0.394 e. The Hall–Kier alpha value is -1.88. The van der Waals surface area contributed by atoms with Crippen molar-refractivity contribution >= 4 is 11.8 Å². The summed E-state index contributed by atoms with van der Waals surface area (Å²) in [7, 11) is 1.66. The van der Waals surface area contributed by atoms with Crippen molar-refractivity contribution < 1.29 is 14.7 Å². The number of likely N-dealkylation sites (N-methyl/N-ethyl adjacent to an activating group) is 1. The van der Waals surface area contributed by atoms with E-state index in [1.165, 1.54) is 11.8 Å². The molecular formula is C14H20N2O3. The smallest absolute Gasteiger partial charge is 0.253 e. The molecule has 0 fully saturated rings. The molecule has 0 heterocycles. The molecule has 0 spiro atoms. The zero-order valence-electron chi connectivity index (χ0n) is 11.5. The van der Waals surface area contributed by atoms with E-state index in [9.17, 15) is 9.59 Å². The fourth-order valence-electron chi connectivity index (χ4n) is 1.52. The number of aliphatic hydroxyl groups excluding tert-OH is 1. The van der Waals surface area contributed by atoms with Crippen molar-refractivity contribution in [1.82, 2.24) is 10.2 Å². The Labute approximate surface area is 113 Å². The quantitative estimate of drug-likeness (QED) is 0.825. The predicted octanol–water partition coefficient (Wildman–Crippen LogP) is 0.775. The Morgan fingerprint density at radius 2 is 1.89 bits per heavy atom. The highest BCUT2D eigenvalue weighted by Gasteiger charge is 2.16. The Morgan fingerprint density at radius 1 is 1.32 bits per heavy atom. The number of hydrogen-bond donors (Lipinski definition) is 2. The minimum atomic E-state index is -0.216. The van der Waals surface area contributed by atoms with Gasteiger partial charge in [0, 0.05) is 26.1 Å². The van der Waals surface area contributed by atoms with Gasteiger partial charge >= 0.3 is 0 Å². The van der Waals surface area contributed by atoms with Crippen LogP contribution < -0.4 is 5.32 Å². The van der Waals surface area contributed by atoms with Crippen LogP contribution in [0.3, 0.4) is 0 Å². The van der Waals surface area contributed by atoms with E-state index in [4.69, 9.17) is 5.11 Å². The van der Waals surface area contributed by atoms with E-state index in [-0.39, 0.29) is 24.5 Å². The molecule has 19 heavy (non-hydrogen) atoms. The average molecular weight is 264 g/mol. The molecule has 1 atom stereocenters. The first-order chi connectivity index (χ1) is 8.95. The topological polar surface area (TPSA) is 69.6 Å². The van der Waals surface area contributed by atoms with Crippen LogP contribution in [0.5, 0.6) is 0 Å². The van der Waals surface area contributed by atoms with Crippen LogP contribution >= 0.6 is 0 Å². The van der Waals surface area contributed by atoms with Gasteiger partial charge < -0.3 is 15.3 Å². The maximum absolute atomic E-state index is 12.1. The van der Waals surface area contributed by atoms with Gasteiger partial charge in [-0.2, -0.15) is 0 Å². The molecule has 2 amide bonds. The monoisotopic (exact) mass is 264 g/mol. The molecule has 5 nitrogen and oxygen atoms in total. The lowest BCUT2D eigenvalue weighted by atomic mass is 10.1. The first kappa shape index (κ1) is 15.2. The normalized spacial score (nSPS) is 11.8. The summed E-state index contributed by atoms with van der Waals surface area (Å²) in [5.41, 5.74) is 1.50. The lowest BCUT2D eigenvalue weighted by molar-refractivity contribution is -0.119. The van der Waals surface area contributed by atoms with E-state index in [0.717, 1.165) is 5.56 Å². The summed E-state index contributed by atoms with van der Waals surface area (Å²) in [5.74, 6) is -0.218. The van der Waals surface area contributed by atoms with Crippen LogP contribution in [0.25, 0.3) is 0 Å². The number of rotatable bonds is 5. The van der Waals surface area contributed by atoms with E-state index in [1.54, 1.807) is 38.2 Å². The first-order valence-corrected chi connectivity index (χ1v) is 6.17. The maximum atomic E-state index is 12.1. The second-order valence-corrected chi connectivity index (χ2v) is 4.55. The summed E-state index contributed by atoms with van der Waals surface area (Å²) >= 11 is 0. The highest BCUT2D eigenvalue weighted by molar-refractivity contribution is 5.94. The van der Waals surface area contributed by atoms with Crippen LogP contribution in [0.2, 0.25) is 0 Å². The van der Waals surface area contributed by atoms with Gasteiger partial charge in [0.15, 0.2) is 0 Å². The summed E-state index contributed by atoms with van der Waals surface area (Å²) in [6, 6.07) is 6.84. The zero-order valence-corrected chi connectivity index (χ0v) is 11.5. The third-order valence-electron chi connectivity index (χ3n) is 2.99. The van der Waals surface area contributed by atoms with Crippen LogP contribution in [0.15, 0.2) is 24.3 Å². The van der Waals surface area contributed by atoms with Crippen molar-refractivity contribution in [3.8, 4) is 0 Å². The highest BCUT2D eigenvalue weighted by atomic mass is 16.3. The summed E-state index contributed by atoms with van der Waals surface area (Å²) in [4.78, 5) is 24.4. The molecule has 0 saturated carbocycles. The molecule has 1 unspecified atom stereocenters. The van der Waals surface area contributed by atoms with Gasteiger partial charge in [0.05, 0.1) is 12.6 Å². The van der Waals surface area contributed by atoms with Gasteiger partial charge in [0.2, 0.25) is 5.91 Å². The molecule has 0 saturated heterocycles. The number of nitrogens with one attached hydrogen (secondary N) is 1. The molecular weight excluding hydrogens is 244 g/mol. The Morgan fingerprint density at radius 3 is 2.37 bits per heavy atom. The zero-order chi connectivity index (χ0) is 14.4. The molecule has 0 aliphatic carbocycles. The first-order valence-electron chi connectivity index (χ1n) is 6.17. The average Bonchev–Trinajstić information content (AvgIpc) is 2.43. The van der Waals surface area contributed by atoms with E-state index in [1.807, 2.05) is 0 Å². The van der Waals surface area contributed by atoms with Crippen molar-refractivity contribution in [2.75, 3.05) is 13.7 Å². The molecule has 0 aliphatic heterocycles. The number of nitrogens with zero attached hydrogens (tertiary/aromatic N) is 1. The molecule has 1 aromatic rings. The van der Waals surface area contributed by atoms with E-state index >= 15 is 0 Å². The van der Waals surface area contributed by atoms with Crippen molar-refractivity contribution in [3.63, 3.8) is 0 Å². The van der Waals surface area contributed by atoms with E-state index in [0.29, 0.717) is 12.1 Å². The van der Waals surface area contributed by atoms with Crippen molar-refractivity contribution in [2.45, 2.75) is 26.4 Å². The molecule has 0 bridgehead atoms. The van der Waals surface area contributed by atoms with Crippen LogP contribution in [0, 0.1) is 0 Å². The van der Waals surface area contributed by atoms with Gasteiger partial charge in [-0.05, 0) is 24.6 Å². The molecule has 5 heteroatoms. The lowest BCUT2D eigenvalue weighted by Gasteiger charge is -2.23. The molecule has 0 aliphatic rings. The Kier molecular flexibility index (Phi) is 5.51. The van der Waals surface area contributed by atoms with Gasteiger partial charge in [-0.3, -0.25) is 9.59 Å². The largest absolute Gasteiger partial charge is 0.394 e. The number of aliphatic hydroxyl groups is 1. The molecule has 104 valence electrons. The molecule has 2 N–H and O–H groups in total. The van der Waals surface area contributed by atoms with Gasteiger partial charge in [0.25, 0.3) is 5.91 Å². The van der Waals surface area contributed by atoms with Crippen LogP contribution in [-0.4, -0.2) is 41.5 Å². The lowest BCUT2D eigenvalue weighted by Crippen LogP contribution is -2.37. The SMILES string of the molecule is CC(=O)NCc1ccc(C(=O)N(C)C(C)CO)cc1. The van der Waals surface area contributed by atoms with Crippen molar-refractivity contribution in [3.05, 3.63) is 35.4 Å². The van der Waals surface area contributed by atoms with Crippen LogP contribution in [-0.2, 0) is 11.3 Å². The summed E-state index contributed by atoms with van der Waals surface area (Å²) in [5, 5.41) is 11.7. The molecule has 0 radical (unpaired) electrons. The fraction of sp³-hybridized carbons (Fsp3) is 0.429. The standard InChI is InChI=1S/C14H20N2O3/c1-10(9-17)16(3)14(19)13-6-4-12(5-7-13)8-15-11(2)18/h4-7,10,17H,8-9H2,1-3H3,(H,15,18). The summed E-state index contributed by atoms with van der Waals surface area (Å²) in [6.07, 6.45) is 0.